The molecule has 0 radical (unpaired) electrons. The maximum atomic E-state index is 12.1. The number of carbonyl (C=O) groups is 2. The molecule has 0 atom stereocenters. The summed E-state index contributed by atoms with van der Waals surface area (Å²) in [6, 6.07) is 8.65. The fourth-order valence-electron chi connectivity index (χ4n) is 5.37. The molecular formula is C22H32ClN3O3. The topological polar surface area (TPSA) is 64.1 Å². The predicted octanol–water partition coefficient (Wildman–Crippen LogP) is 3.19. The van der Waals surface area contributed by atoms with Gasteiger partial charge in [0.25, 0.3) is 0 Å². The van der Waals surface area contributed by atoms with E-state index in [2.05, 4.69) is 29.2 Å². The molecule has 160 valence electrons. The second-order valence-corrected chi connectivity index (χ2v) is 8.83. The van der Waals surface area contributed by atoms with Crippen molar-refractivity contribution in [2.45, 2.75) is 44.6 Å². The number of carbonyl (C=O) groups excluding carboxylic acids is 1. The van der Waals surface area contributed by atoms with E-state index in [4.69, 9.17) is 5.11 Å². The summed E-state index contributed by atoms with van der Waals surface area (Å²) in [5.41, 5.74) is 2.84. The maximum Gasteiger partial charge on any atom is 0.407 e. The number of fused-ring (bicyclic) bond motifs is 2. The Morgan fingerprint density at radius 3 is 2.34 bits per heavy atom. The Morgan fingerprint density at radius 1 is 1.07 bits per heavy atom. The average molecular weight is 422 g/mol. The van der Waals surface area contributed by atoms with Gasteiger partial charge in [-0.05, 0) is 55.8 Å². The summed E-state index contributed by atoms with van der Waals surface area (Å²) in [7, 11) is 0. The quantitative estimate of drug-likeness (QED) is 0.796. The number of nitrogens with zero attached hydrogens (tertiary/aromatic N) is 3. The molecule has 7 heteroatoms. The van der Waals surface area contributed by atoms with Gasteiger partial charge in [0.15, 0.2) is 0 Å². The van der Waals surface area contributed by atoms with Gasteiger partial charge in [0, 0.05) is 45.1 Å². The first-order valence-corrected chi connectivity index (χ1v) is 10.5. The molecule has 3 heterocycles. The zero-order chi connectivity index (χ0) is 19.7. The highest BCUT2D eigenvalue weighted by Gasteiger charge is 2.42. The lowest BCUT2D eigenvalue weighted by atomic mass is 9.68. The van der Waals surface area contributed by atoms with Crippen molar-refractivity contribution in [3.8, 4) is 0 Å². The molecule has 2 saturated heterocycles. The highest BCUT2D eigenvalue weighted by atomic mass is 35.5. The molecule has 0 saturated carbocycles. The minimum atomic E-state index is -0.788. The van der Waals surface area contributed by atoms with Gasteiger partial charge in [-0.2, -0.15) is 0 Å². The summed E-state index contributed by atoms with van der Waals surface area (Å²) in [6.45, 7) is 7.76. The summed E-state index contributed by atoms with van der Waals surface area (Å²) in [5, 5.41) is 9.11. The molecule has 3 aliphatic rings. The van der Waals surface area contributed by atoms with Gasteiger partial charge in [0.2, 0.25) is 5.91 Å². The summed E-state index contributed by atoms with van der Waals surface area (Å²) >= 11 is 0. The number of halogens is 1. The van der Waals surface area contributed by atoms with Crippen LogP contribution in [-0.4, -0.2) is 71.1 Å². The summed E-state index contributed by atoms with van der Waals surface area (Å²) in [6.07, 6.45) is 3.32. The average Bonchev–Trinajstić information content (AvgIpc) is 2.70. The fraction of sp³-hybridized carbons (Fsp3) is 0.636. The van der Waals surface area contributed by atoms with Gasteiger partial charge in [-0.1, -0.05) is 24.3 Å². The van der Waals surface area contributed by atoms with E-state index in [1.54, 1.807) is 6.92 Å². The van der Waals surface area contributed by atoms with Crippen molar-refractivity contribution in [2.75, 3.05) is 39.3 Å². The molecule has 2 amide bonds. The Bertz CT molecular complexity index is 741. The lowest BCUT2D eigenvalue weighted by molar-refractivity contribution is -0.131. The minimum absolute atomic E-state index is 0. The fourth-order valence-corrected chi connectivity index (χ4v) is 5.37. The first kappa shape index (κ1) is 21.9. The van der Waals surface area contributed by atoms with Crippen LogP contribution in [0, 0.1) is 5.92 Å². The predicted molar refractivity (Wildman–Crippen MR) is 114 cm³/mol. The standard InChI is InChI=1S/C22H31N3O3.ClH/c1-17(26)25-15-19-4-2-3-5-20(19)22(16-25)8-12-23(13-9-22)14-18-6-10-24(11-7-18)21(27)28;/h2-5,18H,6-16H2,1H3,(H,27,28);1H. The van der Waals surface area contributed by atoms with E-state index in [0.717, 1.165) is 58.4 Å². The molecule has 2 fully saturated rings. The lowest BCUT2D eigenvalue weighted by Gasteiger charge is -2.49. The Morgan fingerprint density at radius 2 is 1.72 bits per heavy atom. The molecular weight excluding hydrogens is 390 g/mol. The zero-order valence-electron chi connectivity index (χ0n) is 17.2. The van der Waals surface area contributed by atoms with Gasteiger partial charge in [0.1, 0.15) is 0 Å². The number of carboxylic acid groups (broad SMARTS) is 1. The molecule has 0 bridgehead atoms. The van der Waals surface area contributed by atoms with Crippen LogP contribution in [-0.2, 0) is 16.8 Å². The molecule has 6 nitrogen and oxygen atoms in total. The van der Waals surface area contributed by atoms with Crippen LogP contribution < -0.4 is 0 Å². The molecule has 1 N–H and O–H groups in total. The van der Waals surface area contributed by atoms with Crippen LogP contribution in [0.1, 0.15) is 43.7 Å². The summed E-state index contributed by atoms with van der Waals surface area (Å²) < 4.78 is 0. The van der Waals surface area contributed by atoms with E-state index in [-0.39, 0.29) is 23.7 Å². The molecule has 1 aromatic carbocycles. The van der Waals surface area contributed by atoms with E-state index in [0.29, 0.717) is 19.0 Å². The minimum Gasteiger partial charge on any atom is -0.465 e. The second kappa shape index (κ2) is 8.92. The third-order valence-electron chi connectivity index (χ3n) is 7.10. The molecule has 0 aromatic heterocycles. The number of rotatable bonds is 2. The van der Waals surface area contributed by atoms with Crippen molar-refractivity contribution in [2.24, 2.45) is 5.92 Å². The van der Waals surface area contributed by atoms with Crippen molar-refractivity contribution in [1.29, 1.82) is 0 Å². The van der Waals surface area contributed by atoms with Crippen molar-refractivity contribution < 1.29 is 14.7 Å². The lowest BCUT2D eigenvalue weighted by Crippen LogP contribution is -2.53. The smallest absolute Gasteiger partial charge is 0.407 e. The van der Waals surface area contributed by atoms with E-state index >= 15 is 0 Å². The van der Waals surface area contributed by atoms with Crippen LogP contribution in [0.3, 0.4) is 0 Å². The maximum absolute atomic E-state index is 12.1. The van der Waals surface area contributed by atoms with E-state index < -0.39 is 6.09 Å². The van der Waals surface area contributed by atoms with Crippen LogP contribution in [0.4, 0.5) is 4.79 Å². The molecule has 1 spiro atoms. The SMILES string of the molecule is CC(=O)N1Cc2ccccc2C2(CCN(CC3CCN(C(=O)O)CC3)CC2)C1.Cl. The zero-order valence-corrected chi connectivity index (χ0v) is 18.0. The third-order valence-corrected chi connectivity index (χ3v) is 7.10. The molecule has 3 aliphatic heterocycles. The van der Waals surface area contributed by atoms with Crippen molar-refractivity contribution in [3.05, 3.63) is 35.4 Å². The van der Waals surface area contributed by atoms with Crippen molar-refractivity contribution in [1.82, 2.24) is 14.7 Å². The largest absolute Gasteiger partial charge is 0.465 e. The number of hydrogen-bond donors (Lipinski definition) is 1. The van der Waals surface area contributed by atoms with E-state index in [1.807, 2.05) is 4.90 Å². The van der Waals surface area contributed by atoms with Gasteiger partial charge >= 0.3 is 6.09 Å². The molecule has 29 heavy (non-hydrogen) atoms. The van der Waals surface area contributed by atoms with Crippen LogP contribution >= 0.6 is 12.4 Å². The normalized spacial score (nSPS) is 22.1. The van der Waals surface area contributed by atoms with Gasteiger partial charge < -0.3 is 19.8 Å². The highest BCUT2D eigenvalue weighted by molar-refractivity contribution is 5.85. The van der Waals surface area contributed by atoms with Gasteiger partial charge in [-0.3, -0.25) is 4.79 Å². The Hall–Kier alpha value is -1.79. The van der Waals surface area contributed by atoms with Crippen molar-refractivity contribution >= 4 is 24.4 Å². The van der Waals surface area contributed by atoms with Crippen molar-refractivity contribution in [3.63, 3.8) is 0 Å². The first-order chi connectivity index (χ1) is 13.5. The summed E-state index contributed by atoms with van der Waals surface area (Å²) in [4.78, 5) is 29.3. The Balaban J connectivity index is 0.00000240. The molecule has 1 aromatic rings. The number of likely N-dealkylation sites (tertiary alicyclic amines) is 2. The van der Waals surface area contributed by atoms with Crippen LogP contribution in [0.15, 0.2) is 24.3 Å². The number of amides is 2. The molecule has 4 rings (SSSR count). The Labute approximate surface area is 179 Å². The molecule has 0 unspecified atom stereocenters. The third kappa shape index (κ3) is 4.53. The number of piperidine rings is 2. The van der Waals surface area contributed by atoms with Gasteiger partial charge in [-0.15, -0.1) is 12.4 Å². The monoisotopic (exact) mass is 421 g/mol. The summed E-state index contributed by atoms with van der Waals surface area (Å²) in [5.74, 6) is 0.763. The Kier molecular flexibility index (Phi) is 6.74. The van der Waals surface area contributed by atoms with E-state index in [9.17, 15) is 9.59 Å². The first-order valence-electron chi connectivity index (χ1n) is 10.5. The van der Waals surface area contributed by atoms with E-state index in [1.165, 1.54) is 16.0 Å². The second-order valence-electron chi connectivity index (χ2n) is 8.83. The van der Waals surface area contributed by atoms with Crippen LogP contribution in [0.2, 0.25) is 0 Å². The van der Waals surface area contributed by atoms with Gasteiger partial charge in [0.05, 0.1) is 0 Å². The van der Waals surface area contributed by atoms with Crippen LogP contribution in [0.25, 0.3) is 0 Å². The molecule has 0 aliphatic carbocycles. The van der Waals surface area contributed by atoms with Gasteiger partial charge in [-0.25, -0.2) is 4.79 Å². The van der Waals surface area contributed by atoms with Crippen LogP contribution in [0.5, 0.6) is 0 Å². The highest BCUT2D eigenvalue weighted by Crippen LogP contribution is 2.42. The number of hydrogen-bond acceptors (Lipinski definition) is 3. The number of benzene rings is 1.